The van der Waals surface area contributed by atoms with Crippen molar-refractivity contribution in [3.8, 4) is 0 Å². The Bertz CT molecular complexity index is 409. The first-order valence-electron chi connectivity index (χ1n) is 6.55. The Morgan fingerprint density at radius 1 is 1.58 bits per heavy atom. The van der Waals surface area contributed by atoms with Gasteiger partial charge in [-0.3, -0.25) is 4.68 Å². The van der Waals surface area contributed by atoms with Gasteiger partial charge in [-0.25, -0.2) is 4.79 Å². The van der Waals surface area contributed by atoms with Crippen molar-refractivity contribution in [3.05, 3.63) is 18.0 Å². The van der Waals surface area contributed by atoms with Crippen molar-refractivity contribution in [1.82, 2.24) is 15.1 Å². The second kappa shape index (κ2) is 6.56. The van der Waals surface area contributed by atoms with Gasteiger partial charge in [0.05, 0.1) is 6.20 Å². The van der Waals surface area contributed by atoms with Crippen LogP contribution in [-0.2, 0) is 17.7 Å². The number of nitrogens with two attached hydrogens (primary N) is 1. The van der Waals surface area contributed by atoms with Gasteiger partial charge in [0.15, 0.2) is 0 Å². The van der Waals surface area contributed by atoms with Gasteiger partial charge in [0.2, 0.25) is 0 Å². The highest BCUT2D eigenvalue weighted by atomic mass is 16.6. The van der Waals surface area contributed by atoms with Crippen LogP contribution in [0.25, 0.3) is 0 Å². The molecule has 1 rings (SSSR count). The van der Waals surface area contributed by atoms with Crippen LogP contribution in [0.4, 0.5) is 4.79 Å². The van der Waals surface area contributed by atoms with Crippen LogP contribution in [0, 0.1) is 0 Å². The van der Waals surface area contributed by atoms with E-state index < -0.39 is 11.7 Å². The molecule has 19 heavy (non-hydrogen) atoms. The summed E-state index contributed by atoms with van der Waals surface area (Å²) in [7, 11) is 0. The zero-order chi connectivity index (χ0) is 14.5. The number of carbonyl (C=O) groups excluding carboxylic acids is 1. The number of hydrogen-bond donors (Lipinski definition) is 2. The number of aromatic nitrogens is 2. The number of nitrogens with one attached hydrogen (secondary N) is 1. The van der Waals surface area contributed by atoms with E-state index in [1.807, 2.05) is 38.6 Å². The number of ether oxygens (including phenoxy) is 1. The second-order valence-electron chi connectivity index (χ2n) is 5.49. The van der Waals surface area contributed by atoms with Gasteiger partial charge in [0, 0.05) is 25.3 Å². The van der Waals surface area contributed by atoms with E-state index in [0.29, 0.717) is 13.0 Å². The minimum atomic E-state index is -0.504. The van der Waals surface area contributed by atoms with Gasteiger partial charge < -0.3 is 15.8 Å². The molecule has 3 N–H and O–H groups in total. The van der Waals surface area contributed by atoms with Crippen molar-refractivity contribution in [1.29, 1.82) is 0 Å². The SMILES string of the molecule is CCn1cc(CC(CN)NC(=O)OC(C)(C)C)cn1. The van der Waals surface area contributed by atoms with Crippen LogP contribution >= 0.6 is 0 Å². The summed E-state index contributed by atoms with van der Waals surface area (Å²) in [4.78, 5) is 11.7. The van der Waals surface area contributed by atoms with Crippen molar-refractivity contribution >= 4 is 6.09 Å². The van der Waals surface area contributed by atoms with Crippen LogP contribution in [0.2, 0.25) is 0 Å². The molecule has 1 atom stereocenters. The van der Waals surface area contributed by atoms with E-state index in [0.717, 1.165) is 12.1 Å². The highest BCUT2D eigenvalue weighted by molar-refractivity contribution is 5.68. The van der Waals surface area contributed by atoms with E-state index in [2.05, 4.69) is 10.4 Å². The molecule has 6 nitrogen and oxygen atoms in total. The number of hydrogen-bond acceptors (Lipinski definition) is 4. The van der Waals surface area contributed by atoms with Gasteiger partial charge in [0.1, 0.15) is 5.60 Å². The molecule has 1 amide bonds. The Labute approximate surface area is 114 Å². The largest absolute Gasteiger partial charge is 0.444 e. The molecule has 1 aromatic rings. The summed E-state index contributed by atoms with van der Waals surface area (Å²) in [6.07, 6.45) is 3.96. The predicted molar refractivity (Wildman–Crippen MR) is 73.8 cm³/mol. The van der Waals surface area contributed by atoms with Crippen molar-refractivity contribution in [2.45, 2.75) is 52.3 Å². The molecule has 1 unspecified atom stereocenters. The first-order chi connectivity index (χ1) is 8.84. The van der Waals surface area contributed by atoms with Gasteiger partial charge in [-0.2, -0.15) is 5.10 Å². The lowest BCUT2D eigenvalue weighted by molar-refractivity contribution is 0.0506. The summed E-state index contributed by atoms with van der Waals surface area (Å²) in [5.41, 5.74) is 6.22. The number of nitrogens with zero attached hydrogens (tertiary/aromatic N) is 2. The normalized spacial score (nSPS) is 13.1. The molecule has 0 aliphatic rings. The maximum Gasteiger partial charge on any atom is 0.407 e. The van der Waals surface area contributed by atoms with E-state index in [4.69, 9.17) is 10.5 Å². The molecule has 6 heteroatoms. The van der Waals surface area contributed by atoms with Gasteiger partial charge in [-0.05, 0) is 39.7 Å². The molecule has 0 fully saturated rings. The van der Waals surface area contributed by atoms with E-state index in [1.165, 1.54) is 0 Å². The average Bonchev–Trinajstić information content (AvgIpc) is 2.73. The number of carbonyl (C=O) groups is 1. The molecule has 0 bridgehead atoms. The molecule has 0 aliphatic carbocycles. The fourth-order valence-corrected chi connectivity index (χ4v) is 1.64. The molecule has 0 radical (unpaired) electrons. The van der Waals surface area contributed by atoms with Crippen LogP contribution in [0.3, 0.4) is 0 Å². The summed E-state index contributed by atoms with van der Waals surface area (Å²) in [6.45, 7) is 8.69. The fourth-order valence-electron chi connectivity index (χ4n) is 1.64. The second-order valence-corrected chi connectivity index (χ2v) is 5.49. The third-order valence-corrected chi connectivity index (χ3v) is 2.50. The maximum absolute atomic E-state index is 11.7. The predicted octanol–water partition coefficient (Wildman–Crippen LogP) is 1.30. The van der Waals surface area contributed by atoms with Crippen LogP contribution < -0.4 is 11.1 Å². The first-order valence-corrected chi connectivity index (χ1v) is 6.55. The van der Waals surface area contributed by atoms with Crippen molar-refractivity contribution in [2.75, 3.05) is 6.54 Å². The van der Waals surface area contributed by atoms with Crippen LogP contribution in [0.1, 0.15) is 33.3 Å². The monoisotopic (exact) mass is 268 g/mol. The molecule has 0 aromatic carbocycles. The van der Waals surface area contributed by atoms with Gasteiger partial charge in [0.25, 0.3) is 0 Å². The lowest BCUT2D eigenvalue weighted by Crippen LogP contribution is -2.44. The molecule has 0 saturated carbocycles. The minimum Gasteiger partial charge on any atom is -0.444 e. The van der Waals surface area contributed by atoms with E-state index in [1.54, 1.807) is 6.20 Å². The summed E-state index contributed by atoms with van der Waals surface area (Å²) in [5, 5.41) is 6.97. The number of rotatable bonds is 5. The van der Waals surface area contributed by atoms with Gasteiger partial charge >= 0.3 is 6.09 Å². The Hall–Kier alpha value is -1.56. The standard InChI is InChI=1S/C13H24N4O2/c1-5-17-9-10(8-15-17)6-11(7-14)16-12(18)19-13(2,3)4/h8-9,11H,5-7,14H2,1-4H3,(H,16,18). The zero-order valence-electron chi connectivity index (χ0n) is 12.1. The Kier molecular flexibility index (Phi) is 5.35. The Balaban J connectivity index is 2.51. The quantitative estimate of drug-likeness (QED) is 0.843. The highest BCUT2D eigenvalue weighted by Crippen LogP contribution is 2.08. The lowest BCUT2D eigenvalue weighted by atomic mass is 10.1. The number of amides is 1. The highest BCUT2D eigenvalue weighted by Gasteiger charge is 2.19. The molecular formula is C13H24N4O2. The van der Waals surface area contributed by atoms with Gasteiger partial charge in [-0.15, -0.1) is 0 Å². The molecule has 1 heterocycles. The average molecular weight is 268 g/mol. The maximum atomic E-state index is 11.7. The van der Waals surface area contributed by atoms with Crippen LogP contribution in [-0.4, -0.2) is 34.1 Å². The smallest absolute Gasteiger partial charge is 0.407 e. The summed E-state index contributed by atoms with van der Waals surface area (Å²) < 4.78 is 7.05. The van der Waals surface area contributed by atoms with Gasteiger partial charge in [-0.1, -0.05) is 0 Å². The van der Waals surface area contributed by atoms with E-state index in [9.17, 15) is 4.79 Å². The van der Waals surface area contributed by atoms with Crippen LogP contribution in [0.15, 0.2) is 12.4 Å². The van der Waals surface area contributed by atoms with E-state index in [-0.39, 0.29) is 6.04 Å². The Morgan fingerprint density at radius 2 is 2.26 bits per heavy atom. The topological polar surface area (TPSA) is 82.2 Å². The van der Waals surface area contributed by atoms with Crippen molar-refractivity contribution < 1.29 is 9.53 Å². The molecule has 0 saturated heterocycles. The van der Waals surface area contributed by atoms with Crippen molar-refractivity contribution in [3.63, 3.8) is 0 Å². The molecule has 0 spiro atoms. The zero-order valence-corrected chi connectivity index (χ0v) is 12.1. The van der Waals surface area contributed by atoms with Crippen molar-refractivity contribution in [2.24, 2.45) is 5.73 Å². The van der Waals surface area contributed by atoms with Crippen LogP contribution in [0.5, 0.6) is 0 Å². The Morgan fingerprint density at radius 3 is 2.74 bits per heavy atom. The molecule has 0 aliphatic heterocycles. The lowest BCUT2D eigenvalue weighted by Gasteiger charge is -2.22. The summed E-state index contributed by atoms with van der Waals surface area (Å²) in [6, 6.07) is -0.149. The fraction of sp³-hybridized carbons (Fsp3) is 0.692. The molecule has 108 valence electrons. The number of aryl methyl sites for hydroxylation is 1. The minimum absolute atomic E-state index is 0.149. The number of alkyl carbamates (subject to hydrolysis) is 1. The third kappa shape index (κ3) is 5.74. The molecular weight excluding hydrogens is 244 g/mol. The third-order valence-electron chi connectivity index (χ3n) is 2.50. The first kappa shape index (κ1) is 15.5. The molecule has 1 aromatic heterocycles. The summed E-state index contributed by atoms with van der Waals surface area (Å²) >= 11 is 0. The van der Waals surface area contributed by atoms with E-state index >= 15 is 0 Å². The summed E-state index contributed by atoms with van der Waals surface area (Å²) in [5.74, 6) is 0.